The molecular formula is C14H24N6. The van der Waals surface area contributed by atoms with Gasteiger partial charge in [0.05, 0.1) is 11.9 Å². The largest absolute Gasteiger partial charge is 0.355 e. The fourth-order valence-electron chi connectivity index (χ4n) is 2.53. The lowest BCUT2D eigenvalue weighted by Crippen LogP contribution is -2.22. The Morgan fingerprint density at radius 3 is 2.70 bits per heavy atom. The van der Waals surface area contributed by atoms with E-state index in [1.807, 2.05) is 35.9 Å². The third-order valence-corrected chi connectivity index (χ3v) is 3.40. The van der Waals surface area contributed by atoms with Crippen LogP contribution in [0, 0.1) is 6.92 Å². The predicted molar refractivity (Wildman–Crippen MR) is 80.6 cm³/mol. The molecule has 2 aromatic rings. The molecule has 0 aliphatic heterocycles. The highest BCUT2D eigenvalue weighted by Gasteiger charge is 2.17. The topological polar surface area (TPSA) is 50.9 Å². The quantitative estimate of drug-likeness (QED) is 0.861. The number of aryl methyl sites for hydroxylation is 3. The Morgan fingerprint density at radius 2 is 2.10 bits per heavy atom. The normalized spacial score (nSPS) is 11.1. The third kappa shape index (κ3) is 3.01. The van der Waals surface area contributed by atoms with Gasteiger partial charge in [0.1, 0.15) is 5.82 Å². The Kier molecular flexibility index (Phi) is 4.44. The Hall–Kier alpha value is -1.82. The molecule has 0 fully saturated rings. The van der Waals surface area contributed by atoms with Gasteiger partial charge >= 0.3 is 0 Å². The maximum Gasteiger partial charge on any atom is 0.131 e. The molecule has 0 aliphatic carbocycles. The van der Waals surface area contributed by atoms with Crippen LogP contribution in [0.3, 0.4) is 0 Å². The number of nitrogens with one attached hydrogen (secondary N) is 1. The molecule has 6 nitrogen and oxygen atoms in total. The van der Waals surface area contributed by atoms with Gasteiger partial charge in [-0.3, -0.25) is 9.36 Å². The molecule has 0 aromatic carbocycles. The van der Waals surface area contributed by atoms with Gasteiger partial charge in [0.2, 0.25) is 0 Å². The first-order chi connectivity index (χ1) is 9.52. The standard InChI is InChI=1S/C14H24N6/c1-6-15-8-13-11(2)17-20(5)14(13)18(3)9-12-7-16-19(4)10-12/h7,10,15H,6,8-9H2,1-5H3. The number of rotatable bonds is 6. The summed E-state index contributed by atoms with van der Waals surface area (Å²) < 4.78 is 3.79. The number of aromatic nitrogens is 4. The second kappa shape index (κ2) is 6.09. The second-order valence-electron chi connectivity index (χ2n) is 5.17. The average molecular weight is 276 g/mol. The summed E-state index contributed by atoms with van der Waals surface area (Å²) in [6.07, 6.45) is 3.95. The molecule has 0 aliphatic rings. The first-order valence-corrected chi connectivity index (χ1v) is 6.94. The van der Waals surface area contributed by atoms with Crippen molar-refractivity contribution in [1.82, 2.24) is 24.9 Å². The van der Waals surface area contributed by atoms with Crippen LogP contribution in [0.15, 0.2) is 12.4 Å². The van der Waals surface area contributed by atoms with Gasteiger partial charge in [-0.15, -0.1) is 0 Å². The average Bonchev–Trinajstić information content (AvgIpc) is 2.90. The van der Waals surface area contributed by atoms with Crippen molar-refractivity contribution in [1.29, 1.82) is 0 Å². The lowest BCUT2D eigenvalue weighted by molar-refractivity contribution is 0.709. The molecular weight excluding hydrogens is 252 g/mol. The van der Waals surface area contributed by atoms with E-state index in [0.717, 1.165) is 31.1 Å². The summed E-state index contributed by atoms with van der Waals surface area (Å²) >= 11 is 0. The van der Waals surface area contributed by atoms with Gasteiger partial charge in [-0.25, -0.2) is 0 Å². The molecule has 0 radical (unpaired) electrons. The van der Waals surface area contributed by atoms with Crippen LogP contribution in [0.25, 0.3) is 0 Å². The second-order valence-corrected chi connectivity index (χ2v) is 5.17. The molecule has 2 heterocycles. The molecule has 0 spiro atoms. The Morgan fingerprint density at radius 1 is 1.35 bits per heavy atom. The van der Waals surface area contributed by atoms with Gasteiger partial charge in [-0.05, 0) is 13.5 Å². The summed E-state index contributed by atoms with van der Waals surface area (Å²) in [5.74, 6) is 1.16. The lowest BCUT2D eigenvalue weighted by atomic mass is 10.2. The lowest BCUT2D eigenvalue weighted by Gasteiger charge is -2.20. The maximum absolute atomic E-state index is 4.55. The van der Waals surface area contributed by atoms with Crippen molar-refractivity contribution < 1.29 is 0 Å². The summed E-state index contributed by atoms with van der Waals surface area (Å²) in [6, 6.07) is 0. The van der Waals surface area contributed by atoms with Crippen LogP contribution < -0.4 is 10.2 Å². The van der Waals surface area contributed by atoms with Gasteiger partial charge in [0.25, 0.3) is 0 Å². The van der Waals surface area contributed by atoms with Gasteiger partial charge in [-0.2, -0.15) is 10.2 Å². The van der Waals surface area contributed by atoms with Crippen LogP contribution in [-0.2, 0) is 27.2 Å². The summed E-state index contributed by atoms with van der Waals surface area (Å²) in [5, 5.41) is 12.1. The van der Waals surface area contributed by atoms with Gasteiger partial charge in [0.15, 0.2) is 0 Å². The van der Waals surface area contributed by atoms with Crippen LogP contribution in [0.4, 0.5) is 5.82 Å². The zero-order valence-electron chi connectivity index (χ0n) is 13.0. The number of hydrogen-bond acceptors (Lipinski definition) is 4. The van der Waals surface area contributed by atoms with E-state index in [2.05, 4.69) is 41.3 Å². The highest BCUT2D eigenvalue weighted by molar-refractivity contribution is 5.49. The van der Waals surface area contributed by atoms with Crippen molar-refractivity contribution in [2.75, 3.05) is 18.5 Å². The summed E-state index contributed by atoms with van der Waals surface area (Å²) in [7, 11) is 6.03. The van der Waals surface area contributed by atoms with E-state index in [1.165, 1.54) is 11.1 Å². The molecule has 6 heteroatoms. The number of anilines is 1. The summed E-state index contributed by atoms with van der Waals surface area (Å²) in [4.78, 5) is 2.23. The Bertz CT molecular complexity index is 568. The van der Waals surface area contributed by atoms with Crippen molar-refractivity contribution in [2.24, 2.45) is 14.1 Å². The fourth-order valence-corrected chi connectivity index (χ4v) is 2.53. The van der Waals surface area contributed by atoms with E-state index >= 15 is 0 Å². The van der Waals surface area contributed by atoms with E-state index in [0.29, 0.717) is 0 Å². The molecule has 0 unspecified atom stereocenters. The maximum atomic E-state index is 4.55. The van der Waals surface area contributed by atoms with Crippen LogP contribution in [0.2, 0.25) is 0 Å². The number of nitrogens with zero attached hydrogens (tertiary/aromatic N) is 5. The smallest absolute Gasteiger partial charge is 0.131 e. The van der Waals surface area contributed by atoms with Crippen LogP contribution in [0.5, 0.6) is 0 Å². The van der Waals surface area contributed by atoms with Crippen molar-refractivity contribution in [3.63, 3.8) is 0 Å². The minimum absolute atomic E-state index is 0.825. The zero-order chi connectivity index (χ0) is 14.7. The van der Waals surface area contributed by atoms with Gasteiger partial charge in [0, 0.05) is 51.6 Å². The molecule has 0 saturated heterocycles. The van der Waals surface area contributed by atoms with Gasteiger partial charge in [-0.1, -0.05) is 6.92 Å². The van der Waals surface area contributed by atoms with E-state index < -0.39 is 0 Å². The van der Waals surface area contributed by atoms with Crippen LogP contribution in [-0.4, -0.2) is 33.2 Å². The molecule has 2 rings (SSSR count). The minimum Gasteiger partial charge on any atom is -0.355 e. The molecule has 1 N–H and O–H groups in total. The van der Waals surface area contributed by atoms with E-state index in [-0.39, 0.29) is 0 Å². The van der Waals surface area contributed by atoms with Crippen molar-refractivity contribution in [3.8, 4) is 0 Å². The highest BCUT2D eigenvalue weighted by atomic mass is 15.4. The number of hydrogen-bond donors (Lipinski definition) is 1. The highest BCUT2D eigenvalue weighted by Crippen LogP contribution is 2.23. The van der Waals surface area contributed by atoms with Crippen molar-refractivity contribution in [3.05, 3.63) is 29.2 Å². The van der Waals surface area contributed by atoms with Gasteiger partial charge < -0.3 is 10.2 Å². The SMILES string of the molecule is CCNCc1c(C)nn(C)c1N(C)Cc1cnn(C)c1. The van der Waals surface area contributed by atoms with E-state index in [1.54, 1.807) is 0 Å². The zero-order valence-corrected chi connectivity index (χ0v) is 13.0. The minimum atomic E-state index is 0.825. The molecule has 20 heavy (non-hydrogen) atoms. The fraction of sp³-hybridized carbons (Fsp3) is 0.571. The van der Waals surface area contributed by atoms with Crippen LogP contribution in [0.1, 0.15) is 23.7 Å². The van der Waals surface area contributed by atoms with E-state index in [9.17, 15) is 0 Å². The van der Waals surface area contributed by atoms with E-state index in [4.69, 9.17) is 0 Å². The first-order valence-electron chi connectivity index (χ1n) is 6.94. The molecule has 110 valence electrons. The summed E-state index contributed by atoms with van der Waals surface area (Å²) in [5.41, 5.74) is 3.55. The molecule has 0 bridgehead atoms. The monoisotopic (exact) mass is 276 g/mol. The molecule has 0 amide bonds. The Balaban J connectivity index is 2.21. The molecule has 0 atom stereocenters. The molecule has 0 saturated carbocycles. The predicted octanol–water partition coefficient (Wildman–Crippen LogP) is 1.21. The Labute approximate surface area is 120 Å². The first kappa shape index (κ1) is 14.6. The molecule has 2 aromatic heterocycles. The van der Waals surface area contributed by atoms with Crippen molar-refractivity contribution >= 4 is 5.82 Å². The third-order valence-electron chi connectivity index (χ3n) is 3.40. The van der Waals surface area contributed by atoms with Crippen molar-refractivity contribution in [2.45, 2.75) is 26.9 Å². The van der Waals surface area contributed by atoms with Crippen LogP contribution >= 0.6 is 0 Å². The summed E-state index contributed by atoms with van der Waals surface area (Å²) in [6.45, 7) is 6.81.